The standard InChI is InChI=1S/C12H14ClNO2S/c1-16-11-3-2-9(6-10(11)13)14-12(15)8-4-5-17-7-8/h2-3,6,8H,4-5,7H2,1H3,(H,14,15). The summed E-state index contributed by atoms with van der Waals surface area (Å²) in [4.78, 5) is 11.9. The summed E-state index contributed by atoms with van der Waals surface area (Å²) >= 11 is 7.82. The van der Waals surface area contributed by atoms with Crippen LogP contribution in [0.1, 0.15) is 6.42 Å². The number of benzene rings is 1. The van der Waals surface area contributed by atoms with Crippen LogP contribution in [0.25, 0.3) is 0 Å². The number of carbonyl (C=O) groups is 1. The predicted octanol–water partition coefficient (Wildman–Crippen LogP) is 3.04. The van der Waals surface area contributed by atoms with Gasteiger partial charge in [0, 0.05) is 17.4 Å². The van der Waals surface area contributed by atoms with E-state index in [1.54, 1.807) is 25.3 Å². The second-order valence-corrected chi connectivity index (χ2v) is 5.46. The Morgan fingerprint density at radius 3 is 3.00 bits per heavy atom. The summed E-state index contributed by atoms with van der Waals surface area (Å²) < 4.78 is 5.06. The highest BCUT2D eigenvalue weighted by atomic mass is 35.5. The minimum Gasteiger partial charge on any atom is -0.495 e. The van der Waals surface area contributed by atoms with Crippen LogP contribution in [-0.4, -0.2) is 24.5 Å². The lowest BCUT2D eigenvalue weighted by Gasteiger charge is -2.11. The maximum Gasteiger partial charge on any atom is 0.228 e. The van der Waals surface area contributed by atoms with Crippen molar-refractivity contribution in [1.82, 2.24) is 0 Å². The van der Waals surface area contributed by atoms with Gasteiger partial charge in [-0.3, -0.25) is 4.79 Å². The Hall–Kier alpha value is -0.870. The van der Waals surface area contributed by atoms with Gasteiger partial charge in [-0.2, -0.15) is 11.8 Å². The summed E-state index contributed by atoms with van der Waals surface area (Å²) in [5, 5.41) is 3.39. The average molecular weight is 272 g/mol. The predicted molar refractivity (Wildman–Crippen MR) is 72.1 cm³/mol. The number of methoxy groups -OCH3 is 1. The molecule has 1 N–H and O–H groups in total. The first-order valence-corrected chi connectivity index (χ1v) is 6.96. The molecule has 2 rings (SSSR count). The van der Waals surface area contributed by atoms with Gasteiger partial charge in [-0.1, -0.05) is 11.6 Å². The Kier molecular flexibility index (Phi) is 4.18. The van der Waals surface area contributed by atoms with Crippen LogP contribution in [0.2, 0.25) is 5.02 Å². The summed E-state index contributed by atoms with van der Waals surface area (Å²) in [5.74, 6) is 2.80. The molecule has 1 aliphatic heterocycles. The smallest absolute Gasteiger partial charge is 0.228 e. The molecule has 92 valence electrons. The Bertz CT molecular complexity index is 419. The Labute approximate surface area is 110 Å². The number of anilines is 1. The van der Waals surface area contributed by atoms with Gasteiger partial charge in [-0.25, -0.2) is 0 Å². The quantitative estimate of drug-likeness (QED) is 0.918. The highest BCUT2D eigenvalue weighted by Gasteiger charge is 2.23. The summed E-state index contributed by atoms with van der Waals surface area (Å²) in [6, 6.07) is 5.26. The first kappa shape index (κ1) is 12.6. The minimum absolute atomic E-state index is 0.0798. The van der Waals surface area contributed by atoms with Gasteiger partial charge in [0.05, 0.1) is 12.1 Å². The topological polar surface area (TPSA) is 38.3 Å². The van der Waals surface area contributed by atoms with Crippen LogP contribution in [0.3, 0.4) is 0 Å². The Balaban J connectivity index is 2.03. The van der Waals surface area contributed by atoms with E-state index in [-0.39, 0.29) is 11.8 Å². The maximum atomic E-state index is 11.9. The molecule has 1 aliphatic rings. The third kappa shape index (κ3) is 3.07. The fourth-order valence-electron chi connectivity index (χ4n) is 1.73. The van der Waals surface area contributed by atoms with E-state index in [1.807, 2.05) is 11.8 Å². The van der Waals surface area contributed by atoms with Crippen LogP contribution in [0.15, 0.2) is 18.2 Å². The molecule has 1 aromatic carbocycles. The van der Waals surface area contributed by atoms with Crippen LogP contribution < -0.4 is 10.1 Å². The molecule has 1 aromatic rings. The van der Waals surface area contributed by atoms with Crippen LogP contribution >= 0.6 is 23.4 Å². The van der Waals surface area contributed by atoms with Gasteiger partial charge in [-0.15, -0.1) is 0 Å². The summed E-state index contributed by atoms with van der Waals surface area (Å²) in [7, 11) is 1.56. The van der Waals surface area contributed by atoms with E-state index in [2.05, 4.69) is 5.32 Å². The third-order valence-corrected chi connectivity index (χ3v) is 4.18. The zero-order valence-electron chi connectivity index (χ0n) is 9.53. The molecule has 0 spiro atoms. The number of hydrogen-bond acceptors (Lipinski definition) is 3. The summed E-state index contributed by atoms with van der Waals surface area (Å²) in [6.07, 6.45) is 0.959. The molecular weight excluding hydrogens is 258 g/mol. The van der Waals surface area contributed by atoms with Crippen LogP contribution in [0.4, 0.5) is 5.69 Å². The van der Waals surface area contributed by atoms with Crippen molar-refractivity contribution in [3.05, 3.63) is 23.2 Å². The van der Waals surface area contributed by atoms with Gasteiger partial charge in [0.1, 0.15) is 5.75 Å². The molecule has 1 amide bonds. The van der Waals surface area contributed by atoms with E-state index >= 15 is 0 Å². The Morgan fingerprint density at radius 1 is 1.59 bits per heavy atom. The highest BCUT2D eigenvalue weighted by molar-refractivity contribution is 7.99. The van der Waals surface area contributed by atoms with Crippen molar-refractivity contribution in [3.8, 4) is 5.75 Å². The molecule has 0 aromatic heterocycles. The number of rotatable bonds is 3. The van der Waals surface area contributed by atoms with Crippen LogP contribution in [0, 0.1) is 5.92 Å². The lowest BCUT2D eigenvalue weighted by molar-refractivity contribution is -0.119. The van der Waals surface area contributed by atoms with Gasteiger partial charge < -0.3 is 10.1 Å². The molecular formula is C12H14ClNO2S. The molecule has 1 atom stereocenters. The van der Waals surface area contributed by atoms with Gasteiger partial charge in [0.15, 0.2) is 0 Å². The summed E-state index contributed by atoms with van der Waals surface area (Å²) in [6.45, 7) is 0. The fourth-order valence-corrected chi connectivity index (χ4v) is 3.21. The van der Waals surface area contributed by atoms with Crippen molar-refractivity contribution in [2.24, 2.45) is 5.92 Å². The zero-order chi connectivity index (χ0) is 12.3. The SMILES string of the molecule is COc1ccc(NC(=O)C2CCSC2)cc1Cl. The monoisotopic (exact) mass is 271 g/mol. The molecule has 1 fully saturated rings. The maximum absolute atomic E-state index is 11.9. The van der Waals surface area contributed by atoms with Crippen molar-refractivity contribution in [2.45, 2.75) is 6.42 Å². The van der Waals surface area contributed by atoms with E-state index in [0.717, 1.165) is 23.6 Å². The van der Waals surface area contributed by atoms with Gasteiger partial charge in [0.25, 0.3) is 0 Å². The molecule has 1 unspecified atom stereocenters. The molecule has 1 heterocycles. The van der Waals surface area contributed by atoms with Gasteiger partial charge in [-0.05, 0) is 30.4 Å². The minimum atomic E-state index is 0.0798. The van der Waals surface area contributed by atoms with E-state index in [0.29, 0.717) is 10.8 Å². The number of amides is 1. The van der Waals surface area contributed by atoms with Crippen molar-refractivity contribution < 1.29 is 9.53 Å². The molecule has 1 saturated heterocycles. The Morgan fingerprint density at radius 2 is 2.41 bits per heavy atom. The van der Waals surface area contributed by atoms with Gasteiger partial charge >= 0.3 is 0 Å². The van der Waals surface area contributed by atoms with Crippen molar-refractivity contribution in [2.75, 3.05) is 23.9 Å². The van der Waals surface area contributed by atoms with E-state index in [9.17, 15) is 4.79 Å². The first-order chi connectivity index (χ1) is 8.20. The number of carbonyl (C=O) groups excluding carboxylic acids is 1. The van der Waals surface area contributed by atoms with E-state index in [1.165, 1.54) is 0 Å². The molecule has 17 heavy (non-hydrogen) atoms. The summed E-state index contributed by atoms with van der Waals surface area (Å²) in [5.41, 5.74) is 0.720. The number of thioether (sulfide) groups is 1. The van der Waals surface area contributed by atoms with Crippen LogP contribution in [0.5, 0.6) is 5.75 Å². The largest absolute Gasteiger partial charge is 0.495 e. The van der Waals surface area contributed by atoms with Gasteiger partial charge in [0.2, 0.25) is 5.91 Å². The van der Waals surface area contributed by atoms with Crippen LogP contribution in [-0.2, 0) is 4.79 Å². The third-order valence-electron chi connectivity index (χ3n) is 2.72. The second-order valence-electron chi connectivity index (χ2n) is 3.90. The van der Waals surface area contributed by atoms with Crippen molar-refractivity contribution in [1.29, 1.82) is 0 Å². The lowest BCUT2D eigenvalue weighted by atomic mass is 10.1. The zero-order valence-corrected chi connectivity index (χ0v) is 11.1. The highest BCUT2D eigenvalue weighted by Crippen LogP contribution is 2.29. The second kappa shape index (κ2) is 5.65. The fraction of sp³-hybridized carbons (Fsp3) is 0.417. The number of ether oxygens (including phenoxy) is 1. The molecule has 0 radical (unpaired) electrons. The first-order valence-electron chi connectivity index (χ1n) is 5.43. The molecule has 5 heteroatoms. The van der Waals surface area contributed by atoms with E-state index < -0.39 is 0 Å². The number of hydrogen-bond donors (Lipinski definition) is 1. The average Bonchev–Trinajstić information content (AvgIpc) is 2.82. The van der Waals surface area contributed by atoms with Crippen molar-refractivity contribution in [3.63, 3.8) is 0 Å². The molecule has 0 aliphatic carbocycles. The number of nitrogens with one attached hydrogen (secondary N) is 1. The molecule has 0 saturated carbocycles. The lowest BCUT2D eigenvalue weighted by Crippen LogP contribution is -2.22. The van der Waals surface area contributed by atoms with Crippen molar-refractivity contribution >= 4 is 35.0 Å². The molecule has 0 bridgehead atoms. The van der Waals surface area contributed by atoms with E-state index in [4.69, 9.17) is 16.3 Å². The number of halogens is 1. The molecule has 3 nitrogen and oxygen atoms in total. The normalized spacial score (nSPS) is 19.1.